The summed E-state index contributed by atoms with van der Waals surface area (Å²) in [6.45, 7) is 8.87. The zero-order valence-electron chi connectivity index (χ0n) is 12.2. The van der Waals surface area contributed by atoms with Crippen molar-refractivity contribution in [3.8, 4) is 0 Å². The van der Waals surface area contributed by atoms with Crippen LogP contribution in [0.5, 0.6) is 0 Å². The van der Waals surface area contributed by atoms with Crippen LogP contribution < -0.4 is 10.6 Å². The second-order valence-corrected chi connectivity index (χ2v) is 4.95. The number of nitrogens with one attached hydrogen (secondary N) is 2. The summed E-state index contributed by atoms with van der Waals surface area (Å²) in [5.74, 6) is 2.63. The van der Waals surface area contributed by atoms with Gasteiger partial charge in [-0.2, -0.15) is 0 Å². The number of rotatable bonds is 7. The van der Waals surface area contributed by atoms with Crippen LogP contribution in [0.3, 0.4) is 0 Å². The zero-order valence-corrected chi connectivity index (χ0v) is 12.2. The highest BCUT2D eigenvalue weighted by Crippen LogP contribution is 2.22. The summed E-state index contributed by atoms with van der Waals surface area (Å²) in [5.41, 5.74) is 1.16. The molecule has 0 bridgehead atoms. The summed E-state index contributed by atoms with van der Waals surface area (Å²) in [6, 6.07) is 0.435. The van der Waals surface area contributed by atoms with Crippen LogP contribution in [0.2, 0.25) is 0 Å². The van der Waals surface area contributed by atoms with Crippen molar-refractivity contribution in [2.24, 2.45) is 5.92 Å². The molecule has 0 spiro atoms. The fourth-order valence-electron chi connectivity index (χ4n) is 2.15. The molecule has 0 saturated carbocycles. The molecule has 4 heteroatoms. The van der Waals surface area contributed by atoms with Gasteiger partial charge in [-0.1, -0.05) is 27.2 Å². The fraction of sp³-hybridized carbons (Fsp3) is 0.714. The van der Waals surface area contributed by atoms with Gasteiger partial charge in [0.25, 0.3) is 0 Å². The van der Waals surface area contributed by atoms with Crippen molar-refractivity contribution in [2.45, 2.75) is 53.0 Å². The molecule has 0 amide bonds. The highest BCUT2D eigenvalue weighted by molar-refractivity contribution is 5.57. The average molecular weight is 250 g/mol. The van der Waals surface area contributed by atoms with Crippen molar-refractivity contribution in [3.63, 3.8) is 0 Å². The predicted octanol–water partition coefficient (Wildman–Crippen LogP) is 3.32. The highest BCUT2D eigenvalue weighted by Gasteiger charge is 2.12. The Balaban J connectivity index is 2.77. The molecule has 0 aliphatic carbocycles. The van der Waals surface area contributed by atoms with E-state index in [0.29, 0.717) is 6.04 Å². The summed E-state index contributed by atoms with van der Waals surface area (Å²) < 4.78 is 0. The van der Waals surface area contributed by atoms with Crippen LogP contribution in [-0.2, 0) is 6.42 Å². The number of hydrogen-bond acceptors (Lipinski definition) is 4. The summed E-state index contributed by atoms with van der Waals surface area (Å²) in [7, 11) is 1.90. The first-order chi connectivity index (χ1) is 8.62. The monoisotopic (exact) mass is 250 g/mol. The third kappa shape index (κ3) is 3.86. The van der Waals surface area contributed by atoms with Gasteiger partial charge in [0.15, 0.2) is 0 Å². The first-order valence-electron chi connectivity index (χ1n) is 6.90. The van der Waals surface area contributed by atoms with Crippen LogP contribution in [0, 0.1) is 5.92 Å². The quantitative estimate of drug-likeness (QED) is 0.779. The van der Waals surface area contributed by atoms with Crippen molar-refractivity contribution >= 4 is 11.6 Å². The fourth-order valence-corrected chi connectivity index (χ4v) is 2.15. The van der Waals surface area contributed by atoms with Crippen LogP contribution in [0.1, 0.15) is 46.1 Å². The van der Waals surface area contributed by atoms with Crippen LogP contribution in [0.4, 0.5) is 11.6 Å². The van der Waals surface area contributed by atoms with Crippen LogP contribution >= 0.6 is 0 Å². The maximum atomic E-state index is 4.37. The molecular formula is C14H26N4. The molecule has 1 rings (SSSR count). The summed E-state index contributed by atoms with van der Waals surface area (Å²) in [5, 5.41) is 6.63. The van der Waals surface area contributed by atoms with Gasteiger partial charge in [0, 0.05) is 18.7 Å². The first kappa shape index (κ1) is 14.7. The standard InChI is InChI=1S/C14H26N4/c1-6-10(3)8-11(4)18-14-12(7-2)13(15-5)16-9-17-14/h9-11H,6-8H2,1-5H3,(H2,15,16,17,18). The lowest BCUT2D eigenvalue weighted by Gasteiger charge is -2.20. The van der Waals surface area contributed by atoms with Gasteiger partial charge in [-0.25, -0.2) is 9.97 Å². The summed E-state index contributed by atoms with van der Waals surface area (Å²) >= 11 is 0. The summed E-state index contributed by atoms with van der Waals surface area (Å²) in [6.07, 6.45) is 4.93. The smallest absolute Gasteiger partial charge is 0.134 e. The second kappa shape index (κ2) is 7.19. The van der Waals surface area contributed by atoms with E-state index in [1.807, 2.05) is 7.05 Å². The minimum absolute atomic E-state index is 0.435. The molecule has 0 aromatic carbocycles. The van der Waals surface area contributed by atoms with Gasteiger partial charge in [-0.15, -0.1) is 0 Å². The maximum absolute atomic E-state index is 4.37. The Morgan fingerprint density at radius 1 is 1.17 bits per heavy atom. The van der Waals surface area contributed by atoms with Crippen molar-refractivity contribution < 1.29 is 0 Å². The van der Waals surface area contributed by atoms with Crippen LogP contribution in [0.25, 0.3) is 0 Å². The molecule has 1 aromatic heterocycles. The number of nitrogens with zero attached hydrogens (tertiary/aromatic N) is 2. The minimum atomic E-state index is 0.435. The van der Waals surface area contributed by atoms with Gasteiger partial charge >= 0.3 is 0 Å². The molecule has 4 nitrogen and oxygen atoms in total. The van der Waals surface area contributed by atoms with Gasteiger partial charge in [0.05, 0.1) is 0 Å². The highest BCUT2D eigenvalue weighted by atomic mass is 15.1. The topological polar surface area (TPSA) is 49.8 Å². The van der Waals surface area contributed by atoms with Crippen molar-refractivity contribution in [1.82, 2.24) is 9.97 Å². The Morgan fingerprint density at radius 2 is 1.83 bits per heavy atom. The van der Waals surface area contributed by atoms with E-state index in [9.17, 15) is 0 Å². The van der Waals surface area contributed by atoms with E-state index < -0.39 is 0 Å². The molecule has 0 aliphatic rings. The number of aromatic nitrogens is 2. The number of hydrogen-bond donors (Lipinski definition) is 2. The maximum Gasteiger partial charge on any atom is 0.134 e. The third-order valence-corrected chi connectivity index (χ3v) is 3.37. The molecular weight excluding hydrogens is 224 g/mol. The molecule has 102 valence electrons. The van der Waals surface area contributed by atoms with Gasteiger partial charge in [0.1, 0.15) is 18.0 Å². The minimum Gasteiger partial charge on any atom is -0.373 e. The van der Waals surface area contributed by atoms with Gasteiger partial charge in [0.2, 0.25) is 0 Å². The molecule has 0 aliphatic heterocycles. The zero-order chi connectivity index (χ0) is 13.5. The normalized spacial score (nSPS) is 14.1. The molecule has 2 atom stereocenters. The third-order valence-electron chi connectivity index (χ3n) is 3.37. The molecule has 18 heavy (non-hydrogen) atoms. The lowest BCUT2D eigenvalue weighted by molar-refractivity contribution is 0.483. The van der Waals surface area contributed by atoms with E-state index in [4.69, 9.17) is 0 Å². The molecule has 0 radical (unpaired) electrons. The van der Waals surface area contributed by atoms with Gasteiger partial charge < -0.3 is 10.6 Å². The Bertz CT molecular complexity index is 365. The van der Waals surface area contributed by atoms with E-state index in [-0.39, 0.29) is 0 Å². The molecule has 1 heterocycles. The van der Waals surface area contributed by atoms with E-state index >= 15 is 0 Å². The van der Waals surface area contributed by atoms with E-state index in [1.165, 1.54) is 12.8 Å². The SMILES string of the molecule is CCc1c(NC)ncnc1NC(C)CC(C)CC. The molecule has 1 aromatic rings. The Kier molecular flexibility index (Phi) is 5.89. The lowest BCUT2D eigenvalue weighted by Crippen LogP contribution is -2.20. The van der Waals surface area contributed by atoms with E-state index in [0.717, 1.165) is 29.5 Å². The summed E-state index contributed by atoms with van der Waals surface area (Å²) in [4.78, 5) is 8.62. The van der Waals surface area contributed by atoms with Crippen molar-refractivity contribution in [2.75, 3.05) is 17.7 Å². The van der Waals surface area contributed by atoms with Crippen molar-refractivity contribution in [1.29, 1.82) is 0 Å². The Labute approximate surface area is 111 Å². The lowest BCUT2D eigenvalue weighted by atomic mass is 10.0. The number of anilines is 2. The van der Waals surface area contributed by atoms with Gasteiger partial charge in [-0.05, 0) is 25.7 Å². The van der Waals surface area contributed by atoms with Crippen LogP contribution in [-0.4, -0.2) is 23.1 Å². The molecule has 0 saturated heterocycles. The molecule has 0 fully saturated rings. The van der Waals surface area contributed by atoms with Crippen LogP contribution in [0.15, 0.2) is 6.33 Å². The Hall–Kier alpha value is -1.32. The van der Waals surface area contributed by atoms with E-state index in [2.05, 4.69) is 48.3 Å². The first-order valence-corrected chi connectivity index (χ1v) is 6.90. The Morgan fingerprint density at radius 3 is 2.39 bits per heavy atom. The predicted molar refractivity (Wildman–Crippen MR) is 78.1 cm³/mol. The van der Waals surface area contributed by atoms with Gasteiger partial charge in [-0.3, -0.25) is 0 Å². The molecule has 2 unspecified atom stereocenters. The second-order valence-electron chi connectivity index (χ2n) is 4.95. The average Bonchev–Trinajstić information content (AvgIpc) is 2.37. The molecule has 2 N–H and O–H groups in total. The van der Waals surface area contributed by atoms with E-state index in [1.54, 1.807) is 6.33 Å². The largest absolute Gasteiger partial charge is 0.373 e. The van der Waals surface area contributed by atoms with Crippen molar-refractivity contribution in [3.05, 3.63) is 11.9 Å².